The van der Waals surface area contributed by atoms with Gasteiger partial charge in [-0.2, -0.15) is 0 Å². The molecule has 0 aliphatic carbocycles. The van der Waals surface area contributed by atoms with E-state index in [0.717, 1.165) is 16.3 Å². The smallest absolute Gasteiger partial charge is 0.125 e. The number of aryl methyl sites for hydroxylation is 2. The molecule has 90 valence electrons. The van der Waals surface area contributed by atoms with Crippen LogP contribution >= 0.6 is 11.6 Å². The Morgan fingerprint density at radius 3 is 2.53 bits per heavy atom. The van der Waals surface area contributed by atoms with Gasteiger partial charge in [0.2, 0.25) is 0 Å². The molecule has 1 heterocycles. The summed E-state index contributed by atoms with van der Waals surface area (Å²) >= 11 is 6.31. The number of hydrogen-bond acceptors (Lipinski definition) is 2. The van der Waals surface area contributed by atoms with Crippen LogP contribution in [0.1, 0.15) is 28.5 Å². The van der Waals surface area contributed by atoms with Crippen molar-refractivity contribution in [1.29, 1.82) is 0 Å². The molecule has 1 unspecified atom stereocenters. The van der Waals surface area contributed by atoms with Gasteiger partial charge in [0.05, 0.1) is 12.3 Å². The first-order valence-electron chi connectivity index (χ1n) is 5.60. The predicted molar refractivity (Wildman–Crippen MR) is 70.5 cm³/mol. The lowest BCUT2D eigenvalue weighted by Gasteiger charge is -2.17. The predicted octanol–water partition coefficient (Wildman–Crippen LogP) is 3.86. The summed E-state index contributed by atoms with van der Waals surface area (Å²) in [6.45, 7) is 4.15. The summed E-state index contributed by atoms with van der Waals surface area (Å²) in [5, 5.41) is 4.00. The zero-order chi connectivity index (χ0) is 12.4. The Balaban J connectivity index is 2.48. The van der Waals surface area contributed by atoms with Gasteiger partial charge in [-0.15, -0.1) is 0 Å². The van der Waals surface area contributed by atoms with Gasteiger partial charge >= 0.3 is 0 Å². The third kappa shape index (κ3) is 2.38. The molecule has 1 aromatic heterocycles. The number of halogens is 1. The summed E-state index contributed by atoms with van der Waals surface area (Å²) in [5.41, 5.74) is 3.48. The molecule has 2 nitrogen and oxygen atoms in total. The van der Waals surface area contributed by atoms with Gasteiger partial charge in [0, 0.05) is 5.02 Å². The summed E-state index contributed by atoms with van der Waals surface area (Å²) in [7, 11) is 1.90. The van der Waals surface area contributed by atoms with Gasteiger partial charge in [0.1, 0.15) is 5.76 Å². The van der Waals surface area contributed by atoms with Crippen molar-refractivity contribution in [2.75, 3.05) is 7.05 Å². The fourth-order valence-electron chi connectivity index (χ4n) is 1.93. The van der Waals surface area contributed by atoms with E-state index in [1.165, 1.54) is 11.1 Å². The van der Waals surface area contributed by atoms with Gasteiger partial charge in [-0.1, -0.05) is 17.7 Å². The molecule has 0 saturated carbocycles. The molecule has 0 aliphatic heterocycles. The zero-order valence-electron chi connectivity index (χ0n) is 10.3. The number of hydrogen-bond donors (Lipinski definition) is 1. The quantitative estimate of drug-likeness (QED) is 0.894. The van der Waals surface area contributed by atoms with E-state index in [0.29, 0.717) is 0 Å². The summed E-state index contributed by atoms with van der Waals surface area (Å²) < 4.78 is 5.44. The Bertz CT molecular complexity index is 505. The van der Waals surface area contributed by atoms with E-state index >= 15 is 0 Å². The van der Waals surface area contributed by atoms with Crippen LogP contribution in [0, 0.1) is 13.8 Å². The lowest BCUT2D eigenvalue weighted by molar-refractivity contribution is 0.463. The molecule has 0 fully saturated rings. The lowest BCUT2D eigenvalue weighted by Crippen LogP contribution is -2.17. The third-order valence-corrected chi connectivity index (χ3v) is 3.37. The summed E-state index contributed by atoms with van der Waals surface area (Å²) in [6, 6.07) is 7.94. The zero-order valence-corrected chi connectivity index (χ0v) is 11.0. The average Bonchev–Trinajstić information content (AvgIpc) is 2.80. The summed E-state index contributed by atoms with van der Waals surface area (Å²) in [6.07, 6.45) is 1.68. The molecule has 0 amide bonds. The maximum Gasteiger partial charge on any atom is 0.125 e. The van der Waals surface area contributed by atoms with Crippen LogP contribution in [0.3, 0.4) is 0 Å². The molecule has 0 aliphatic rings. The highest BCUT2D eigenvalue weighted by Crippen LogP contribution is 2.30. The Morgan fingerprint density at radius 1 is 1.24 bits per heavy atom. The van der Waals surface area contributed by atoms with Crippen molar-refractivity contribution in [3.05, 3.63) is 58.0 Å². The molecule has 17 heavy (non-hydrogen) atoms. The highest BCUT2D eigenvalue weighted by molar-refractivity contribution is 6.31. The van der Waals surface area contributed by atoms with Gasteiger partial charge in [-0.25, -0.2) is 0 Å². The van der Waals surface area contributed by atoms with E-state index in [-0.39, 0.29) is 6.04 Å². The topological polar surface area (TPSA) is 25.2 Å². The van der Waals surface area contributed by atoms with Gasteiger partial charge in [0.15, 0.2) is 0 Å². The second-order valence-corrected chi connectivity index (χ2v) is 4.60. The van der Waals surface area contributed by atoms with Gasteiger partial charge in [-0.05, 0) is 55.8 Å². The first-order valence-corrected chi connectivity index (χ1v) is 5.98. The standard InChI is InChI=1S/C14H16ClNO/c1-9-7-11(12(15)8-10(9)2)14(16-3)13-5-4-6-17-13/h4-8,14,16H,1-3H3. The third-order valence-electron chi connectivity index (χ3n) is 3.04. The molecule has 0 bridgehead atoms. The van der Waals surface area contributed by atoms with E-state index < -0.39 is 0 Å². The number of benzene rings is 1. The van der Waals surface area contributed by atoms with Crippen LogP contribution in [0.15, 0.2) is 34.9 Å². The van der Waals surface area contributed by atoms with Crippen LogP contribution in [0.2, 0.25) is 5.02 Å². The first-order chi connectivity index (χ1) is 8.13. The van der Waals surface area contributed by atoms with E-state index in [4.69, 9.17) is 16.0 Å². The molecule has 1 N–H and O–H groups in total. The summed E-state index contributed by atoms with van der Waals surface area (Å²) in [5.74, 6) is 0.873. The molecule has 0 saturated heterocycles. The first kappa shape index (κ1) is 12.2. The second-order valence-electron chi connectivity index (χ2n) is 4.20. The molecule has 0 spiro atoms. The molecule has 2 aromatic rings. The van der Waals surface area contributed by atoms with Crippen molar-refractivity contribution >= 4 is 11.6 Å². The van der Waals surface area contributed by atoms with Crippen LogP contribution in [0.4, 0.5) is 0 Å². The Labute approximate surface area is 107 Å². The van der Waals surface area contributed by atoms with Crippen LogP contribution in [-0.2, 0) is 0 Å². The van der Waals surface area contributed by atoms with Crippen LogP contribution in [0.5, 0.6) is 0 Å². The van der Waals surface area contributed by atoms with Gasteiger partial charge < -0.3 is 9.73 Å². The SMILES string of the molecule is CNC(c1ccco1)c1cc(C)c(C)cc1Cl. The monoisotopic (exact) mass is 249 g/mol. The number of rotatable bonds is 3. The van der Waals surface area contributed by atoms with Crippen LogP contribution < -0.4 is 5.32 Å². The van der Waals surface area contributed by atoms with Gasteiger partial charge in [-0.3, -0.25) is 0 Å². The molecular formula is C14H16ClNO. The highest BCUT2D eigenvalue weighted by atomic mass is 35.5. The van der Waals surface area contributed by atoms with E-state index in [2.05, 4.69) is 25.2 Å². The van der Waals surface area contributed by atoms with E-state index in [1.54, 1.807) is 6.26 Å². The van der Waals surface area contributed by atoms with Crippen LogP contribution in [-0.4, -0.2) is 7.05 Å². The molecule has 1 atom stereocenters. The summed E-state index contributed by atoms with van der Waals surface area (Å²) in [4.78, 5) is 0. The van der Waals surface area contributed by atoms with Crippen molar-refractivity contribution in [3.63, 3.8) is 0 Å². The van der Waals surface area contributed by atoms with Crippen molar-refractivity contribution < 1.29 is 4.42 Å². The van der Waals surface area contributed by atoms with Crippen molar-refractivity contribution in [3.8, 4) is 0 Å². The lowest BCUT2D eigenvalue weighted by atomic mass is 9.99. The van der Waals surface area contributed by atoms with E-state index in [9.17, 15) is 0 Å². The van der Waals surface area contributed by atoms with E-state index in [1.807, 2.05) is 25.2 Å². The van der Waals surface area contributed by atoms with Crippen LogP contribution in [0.25, 0.3) is 0 Å². The highest BCUT2D eigenvalue weighted by Gasteiger charge is 2.18. The maximum absolute atomic E-state index is 6.31. The Kier molecular flexibility index (Phi) is 3.55. The number of nitrogens with one attached hydrogen (secondary N) is 1. The molecule has 3 heteroatoms. The maximum atomic E-state index is 6.31. The average molecular weight is 250 g/mol. The minimum Gasteiger partial charge on any atom is -0.467 e. The molecule has 0 radical (unpaired) electrons. The fourth-order valence-corrected chi connectivity index (χ4v) is 2.26. The Hall–Kier alpha value is -1.25. The second kappa shape index (κ2) is 4.94. The molecule has 2 rings (SSSR count). The number of furan rings is 1. The molecule has 1 aromatic carbocycles. The minimum absolute atomic E-state index is 0.00296. The van der Waals surface area contributed by atoms with Gasteiger partial charge in [0.25, 0.3) is 0 Å². The van der Waals surface area contributed by atoms with Crippen molar-refractivity contribution in [2.24, 2.45) is 0 Å². The van der Waals surface area contributed by atoms with Crippen molar-refractivity contribution in [1.82, 2.24) is 5.32 Å². The molecular weight excluding hydrogens is 234 g/mol. The minimum atomic E-state index is -0.00296. The fraction of sp³-hybridized carbons (Fsp3) is 0.286. The Morgan fingerprint density at radius 2 is 1.94 bits per heavy atom. The normalized spacial score (nSPS) is 12.7. The van der Waals surface area contributed by atoms with Crippen molar-refractivity contribution in [2.45, 2.75) is 19.9 Å². The largest absolute Gasteiger partial charge is 0.467 e.